The lowest BCUT2D eigenvalue weighted by molar-refractivity contribution is -0.139. The second kappa shape index (κ2) is 23.2. The van der Waals surface area contributed by atoms with Gasteiger partial charge in [-0.2, -0.15) is 0 Å². The Balaban J connectivity index is 3.17. The van der Waals surface area contributed by atoms with Gasteiger partial charge in [-0.05, 0) is 18.1 Å². The van der Waals surface area contributed by atoms with Crippen molar-refractivity contribution in [3.8, 4) is 0 Å². The maximum absolute atomic E-state index is 10.8. The van der Waals surface area contributed by atoms with Gasteiger partial charge in [-0.15, -0.1) is 0 Å². The van der Waals surface area contributed by atoms with Crippen LogP contribution in [0.1, 0.15) is 20.8 Å². The lowest BCUT2D eigenvalue weighted by atomic mass is 10.2. The molecule has 0 bridgehead atoms. The number of carbonyl (C=O) groups excluding carboxylic acids is 1. The van der Waals surface area contributed by atoms with E-state index in [1.54, 1.807) is 0 Å². The van der Waals surface area contributed by atoms with Crippen LogP contribution >= 0.6 is 0 Å². The van der Waals surface area contributed by atoms with Gasteiger partial charge in [0, 0.05) is 6.08 Å². The van der Waals surface area contributed by atoms with Crippen molar-refractivity contribution in [2.45, 2.75) is 38.9 Å². The van der Waals surface area contributed by atoms with Gasteiger partial charge in [0.2, 0.25) is 0 Å². The van der Waals surface area contributed by atoms with Crippen LogP contribution in [0.3, 0.4) is 0 Å². The molecule has 0 amide bonds. The molecule has 36 heavy (non-hydrogen) atoms. The SMILES string of the molecule is C=CC(=O)OCCOCCOCCOCCOCCOCCOCCOCCO[Si](C)(C)C(C)(C)C. The normalized spacial score (nSPS) is 12.1. The van der Waals surface area contributed by atoms with Gasteiger partial charge in [-0.1, -0.05) is 27.4 Å². The van der Waals surface area contributed by atoms with Crippen LogP contribution in [0.2, 0.25) is 18.1 Å². The highest BCUT2D eigenvalue weighted by Crippen LogP contribution is 2.36. The molecule has 214 valence electrons. The largest absolute Gasteiger partial charge is 0.460 e. The molecule has 11 heteroatoms. The quantitative estimate of drug-likeness (QED) is 0.0707. The summed E-state index contributed by atoms with van der Waals surface area (Å²) in [5.74, 6) is -0.454. The van der Waals surface area contributed by atoms with Crippen molar-refractivity contribution in [1.29, 1.82) is 0 Å². The minimum atomic E-state index is -1.69. The maximum Gasteiger partial charge on any atom is 0.330 e. The molecular formula is C25H50O10Si. The summed E-state index contributed by atoms with van der Waals surface area (Å²) in [4.78, 5) is 10.8. The number of hydrogen-bond acceptors (Lipinski definition) is 10. The summed E-state index contributed by atoms with van der Waals surface area (Å²) in [5, 5.41) is 0.218. The Morgan fingerprint density at radius 2 is 0.861 bits per heavy atom. The summed E-state index contributed by atoms with van der Waals surface area (Å²) < 4.78 is 48.8. The monoisotopic (exact) mass is 538 g/mol. The van der Waals surface area contributed by atoms with E-state index in [0.717, 1.165) is 6.08 Å². The highest BCUT2D eigenvalue weighted by atomic mass is 28.4. The summed E-state index contributed by atoms with van der Waals surface area (Å²) in [6.07, 6.45) is 1.12. The van der Waals surface area contributed by atoms with Crippen molar-refractivity contribution >= 4 is 14.3 Å². The van der Waals surface area contributed by atoms with Gasteiger partial charge in [-0.25, -0.2) is 4.79 Å². The van der Waals surface area contributed by atoms with Gasteiger partial charge in [0.05, 0.1) is 99.1 Å². The Labute approximate surface area is 218 Å². The molecule has 0 fully saturated rings. The maximum atomic E-state index is 10.8. The number of rotatable bonds is 26. The zero-order valence-electron chi connectivity index (χ0n) is 23.2. The first kappa shape index (κ1) is 35.1. The van der Waals surface area contributed by atoms with Crippen LogP contribution in [0.15, 0.2) is 12.7 Å². The van der Waals surface area contributed by atoms with E-state index < -0.39 is 14.3 Å². The van der Waals surface area contributed by atoms with Gasteiger partial charge >= 0.3 is 5.97 Å². The number of hydrogen-bond donors (Lipinski definition) is 0. The predicted molar refractivity (Wildman–Crippen MR) is 140 cm³/mol. The molecule has 0 N–H and O–H groups in total. The van der Waals surface area contributed by atoms with Gasteiger partial charge < -0.3 is 42.3 Å². The zero-order valence-corrected chi connectivity index (χ0v) is 24.2. The average Bonchev–Trinajstić information content (AvgIpc) is 2.83. The lowest BCUT2D eigenvalue weighted by Gasteiger charge is -2.36. The molecule has 0 rings (SSSR count). The molecule has 10 nitrogen and oxygen atoms in total. The Morgan fingerprint density at radius 1 is 0.583 bits per heavy atom. The molecule has 0 spiro atoms. The fourth-order valence-corrected chi connectivity index (χ4v) is 3.28. The molecule has 0 aromatic carbocycles. The van der Waals surface area contributed by atoms with Crippen molar-refractivity contribution in [2.24, 2.45) is 0 Å². The predicted octanol–water partition coefficient (Wildman–Crippen LogP) is 2.85. The molecule has 0 atom stereocenters. The van der Waals surface area contributed by atoms with Gasteiger partial charge in [0.1, 0.15) is 6.61 Å². The average molecular weight is 539 g/mol. The molecular weight excluding hydrogens is 488 g/mol. The first-order valence-electron chi connectivity index (χ1n) is 12.7. The standard InChI is InChI=1S/C25H50O10Si/c1-7-24(26)34-22-20-32-18-16-30-14-12-28-10-8-27-9-11-29-13-15-31-17-19-33-21-23-35-36(5,6)25(2,3)4/h7H,1,8-23H2,2-6H3. The number of carbonyl (C=O) groups is 1. The van der Waals surface area contributed by atoms with E-state index in [-0.39, 0.29) is 11.6 Å². The zero-order chi connectivity index (χ0) is 27.0. The summed E-state index contributed by atoms with van der Waals surface area (Å²) in [5.41, 5.74) is 0. The van der Waals surface area contributed by atoms with Crippen LogP contribution in [0.4, 0.5) is 0 Å². The third-order valence-electron chi connectivity index (χ3n) is 5.37. The van der Waals surface area contributed by atoms with Gasteiger partial charge in [0.15, 0.2) is 8.32 Å². The van der Waals surface area contributed by atoms with Crippen LogP contribution in [0.25, 0.3) is 0 Å². The molecule has 0 aromatic heterocycles. The Bertz CT molecular complexity index is 525. The van der Waals surface area contributed by atoms with Crippen molar-refractivity contribution in [3.63, 3.8) is 0 Å². The summed E-state index contributed by atoms with van der Waals surface area (Å²) in [6.45, 7) is 22.3. The van der Waals surface area contributed by atoms with E-state index in [1.807, 2.05) is 0 Å². The Hall–Kier alpha value is -0.893. The van der Waals surface area contributed by atoms with E-state index in [4.69, 9.17) is 42.3 Å². The first-order chi connectivity index (χ1) is 17.2. The molecule has 0 radical (unpaired) electrons. The van der Waals surface area contributed by atoms with Crippen LogP contribution < -0.4 is 0 Å². The van der Waals surface area contributed by atoms with E-state index in [1.165, 1.54) is 0 Å². The molecule has 0 aliphatic carbocycles. The van der Waals surface area contributed by atoms with Crippen molar-refractivity contribution < 1.29 is 47.1 Å². The first-order valence-corrected chi connectivity index (χ1v) is 15.6. The fraction of sp³-hybridized carbons (Fsp3) is 0.880. The van der Waals surface area contributed by atoms with E-state index >= 15 is 0 Å². The smallest absolute Gasteiger partial charge is 0.330 e. The van der Waals surface area contributed by atoms with E-state index in [2.05, 4.69) is 40.4 Å². The minimum Gasteiger partial charge on any atom is -0.460 e. The Kier molecular flexibility index (Phi) is 22.7. The lowest BCUT2D eigenvalue weighted by Crippen LogP contribution is -2.41. The summed E-state index contributed by atoms with van der Waals surface area (Å²) in [6, 6.07) is 0. The number of esters is 1. The van der Waals surface area contributed by atoms with Crippen LogP contribution in [0.5, 0.6) is 0 Å². The number of ether oxygens (including phenoxy) is 8. The summed E-state index contributed by atoms with van der Waals surface area (Å²) in [7, 11) is -1.69. The molecule has 0 saturated heterocycles. The van der Waals surface area contributed by atoms with Crippen LogP contribution in [-0.2, 0) is 47.1 Å². The van der Waals surface area contributed by atoms with Gasteiger partial charge in [0.25, 0.3) is 0 Å². The van der Waals surface area contributed by atoms with Crippen molar-refractivity contribution in [1.82, 2.24) is 0 Å². The third kappa shape index (κ3) is 22.3. The highest BCUT2D eigenvalue weighted by Gasteiger charge is 2.36. The topological polar surface area (TPSA) is 100 Å². The van der Waals surface area contributed by atoms with Crippen molar-refractivity contribution in [2.75, 3.05) is 106 Å². The fourth-order valence-electron chi connectivity index (χ4n) is 2.25. The van der Waals surface area contributed by atoms with E-state index in [0.29, 0.717) is 99.1 Å². The van der Waals surface area contributed by atoms with Gasteiger partial charge in [-0.3, -0.25) is 0 Å². The highest BCUT2D eigenvalue weighted by molar-refractivity contribution is 6.74. The molecule has 0 aliphatic heterocycles. The second-order valence-corrected chi connectivity index (χ2v) is 14.1. The third-order valence-corrected chi connectivity index (χ3v) is 9.91. The molecule has 0 unspecified atom stereocenters. The van der Waals surface area contributed by atoms with Crippen LogP contribution in [0, 0.1) is 0 Å². The van der Waals surface area contributed by atoms with Crippen LogP contribution in [-0.4, -0.2) is 120 Å². The molecule has 0 aliphatic rings. The Morgan fingerprint density at radius 3 is 1.14 bits per heavy atom. The molecule has 0 heterocycles. The van der Waals surface area contributed by atoms with Crippen molar-refractivity contribution in [3.05, 3.63) is 12.7 Å². The van der Waals surface area contributed by atoms with E-state index in [9.17, 15) is 4.79 Å². The minimum absolute atomic E-state index is 0.205. The second-order valence-electron chi connectivity index (χ2n) is 9.27. The molecule has 0 saturated carbocycles. The summed E-state index contributed by atoms with van der Waals surface area (Å²) >= 11 is 0. The molecule has 0 aromatic rings.